The Hall–Kier alpha value is -2.22. The number of H-pyrrole nitrogens is 1. The Kier molecular flexibility index (Phi) is 3.68. The van der Waals surface area contributed by atoms with Crippen LogP contribution in [0.3, 0.4) is 0 Å². The molecule has 2 aromatic heterocycles. The monoisotopic (exact) mass is 268 g/mol. The minimum atomic E-state index is -0.474. The van der Waals surface area contributed by atoms with Crippen molar-refractivity contribution in [2.45, 2.75) is 6.92 Å². The van der Waals surface area contributed by atoms with Gasteiger partial charge in [0.1, 0.15) is 0 Å². The molecule has 0 saturated heterocycles. The average Bonchev–Trinajstić information content (AvgIpc) is 2.78. The van der Waals surface area contributed by atoms with E-state index in [1.807, 2.05) is 0 Å². The molecule has 0 unspecified atom stereocenters. The van der Waals surface area contributed by atoms with Crippen molar-refractivity contribution in [3.05, 3.63) is 23.0 Å². The van der Waals surface area contributed by atoms with Crippen LogP contribution in [-0.4, -0.2) is 37.9 Å². The van der Waals surface area contributed by atoms with E-state index in [2.05, 4.69) is 30.7 Å². The van der Waals surface area contributed by atoms with E-state index in [4.69, 9.17) is 16.3 Å². The lowest BCUT2D eigenvalue weighted by Crippen LogP contribution is -2.15. The Balaban J connectivity index is 2.04. The zero-order chi connectivity index (χ0) is 13.0. The molecule has 94 valence electrons. The van der Waals surface area contributed by atoms with Crippen molar-refractivity contribution in [2.75, 3.05) is 11.9 Å². The fraction of sp³-hybridized carbons (Fsp3) is 0.222. The molecule has 0 spiro atoms. The van der Waals surface area contributed by atoms with Crippen LogP contribution < -0.4 is 10.1 Å². The molecule has 0 aliphatic rings. The highest BCUT2D eigenvalue weighted by atomic mass is 35.5. The number of hydrogen-bond donors (Lipinski definition) is 2. The number of anilines is 1. The summed E-state index contributed by atoms with van der Waals surface area (Å²) in [6.07, 6.45) is 0. The van der Waals surface area contributed by atoms with Gasteiger partial charge < -0.3 is 4.74 Å². The van der Waals surface area contributed by atoms with Gasteiger partial charge in [-0.2, -0.15) is 4.98 Å². The fourth-order valence-corrected chi connectivity index (χ4v) is 1.21. The van der Waals surface area contributed by atoms with Gasteiger partial charge >= 0.3 is 6.01 Å². The third-order valence-electron chi connectivity index (χ3n) is 1.83. The zero-order valence-corrected chi connectivity index (χ0v) is 10.1. The Bertz CT molecular complexity index is 540. The molecule has 2 N–H and O–H groups in total. The second-order valence-corrected chi connectivity index (χ2v) is 3.48. The van der Waals surface area contributed by atoms with Crippen molar-refractivity contribution in [3.63, 3.8) is 0 Å². The maximum atomic E-state index is 11.7. The molecular weight excluding hydrogens is 260 g/mol. The second-order valence-electron chi connectivity index (χ2n) is 3.10. The van der Waals surface area contributed by atoms with Gasteiger partial charge in [0.25, 0.3) is 5.91 Å². The molecule has 2 rings (SSSR count). The van der Waals surface area contributed by atoms with Crippen LogP contribution in [0.4, 0.5) is 5.95 Å². The summed E-state index contributed by atoms with van der Waals surface area (Å²) in [5, 5.41) is 16.1. The molecule has 0 aliphatic heterocycles. The average molecular weight is 269 g/mol. The molecule has 0 radical (unpaired) electrons. The Labute approximate surface area is 107 Å². The van der Waals surface area contributed by atoms with Gasteiger partial charge in [0.05, 0.1) is 6.61 Å². The van der Waals surface area contributed by atoms with Crippen LogP contribution in [0.5, 0.6) is 6.01 Å². The van der Waals surface area contributed by atoms with Gasteiger partial charge in [0.2, 0.25) is 5.95 Å². The summed E-state index contributed by atoms with van der Waals surface area (Å²) in [5.41, 5.74) is 0.119. The normalized spacial score (nSPS) is 10.1. The van der Waals surface area contributed by atoms with Crippen LogP contribution in [-0.2, 0) is 0 Å². The van der Waals surface area contributed by atoms with E-state index < -0.39 is 5.91 Å². The van der Waals surface area contributed by atoms with Gasteiger partial charge in [-0.15, -0.1) is 15.3 Å². The largest absolute Gasteiger partial charge is 0.463 e. The fourth-order valence-electron chi connectivity index (χ4n) is 1.10. The van der Waals surface area contributed by atoms with Gasteiger partial charge in [-0.25, -0.2) is 5.10 Å². The summed E-state index contributed by atoms with van der Waals surface area (Å²) < 4.78 is 5.04. The molecule has 0 aliphatic carbocycles. The van der Waals surface area contributed by atoms with Crippen LogP contribution in [0.1, 0.15) is 17.4 Å². The maximum Gasteiger partial charge on any atom is 0.337 e. The number of carbonyl (C=O) groups excluding carboxylic acids is 1. The number of aromatic nitrogens is 5. The third kappa shape index (κ3) is 2.92. The first kappa shape index (κ1) is 12.2. The number of carbonyl (C=O) groups is 1. The van der Waals surface area contributed by atoms with E-state index in [1.54, 1.807) is 6.92 Å². The van der Waals surface area contributed by atoms with E-state index in [0.29, 0.717) is 6.61 Å². The number of hydrogen-bond acceptors (Lipinski definition) is 6. The Morgan fingerprint density at radius 2 is 2.33 bits per heavy atom. The van der Waals surface area contributed by atoms with Gasteiger partial charge in [-0.1, -0.05) is 11.6 Å². The van der Waals surface area contributed by atoms with E-state index in [0.717, 1.165) is 0 Å². The molecule has 0 atom stereocenters. The molecule has 18 heavy (non-hydrogen) atoms. The molecular formula is C9H9ClN6O2. The lowest BCUT2D eigenvalue weighted by Gasteiger charge is -1.99. The molecule has 0 saturated carbocycles. The summed E-state index contributed by atoms with van der Waals surface area (Å²) in [6, 6.07) is 3.08. The first-order valence-corrected chi connectivity index (χ1v) is 5.42. The van der Waals surface area contributed by atoms with Crippen molar-refractivity contribution < 1.29 is 9.53 Å². The zero-order valence-electron chi connectivity index (χ0n) is 9.35. The first-order chi connectivity index (χ1) is 8.69. The predicted molar refractivity (Wildman–Crippen MR) is 62.5 cm³/mol. The number of rotatable bonds is 4. The van der Waals surface area contributed by atoms with Crippen molar-refractivity contribution in [1.29, 1.82) is 0 Å². The molecule has 0 bridgehead atoms. The summed E-state index contributed by atoms with van der Waals surface area (Å²) in [6.45, 7) is 2.24. The molecule has 0 aromatic carbocycles. The van der Waals surface area contributed by atoms with Crippen LogP contribution in [0.15, 0.2) is 12.1 Å². The van der Waals surface area contributed by atoms with Crippen molar-refractivity contribution >= 4 is 23.5 Å². The number of aromatic amines is 1. The van der Waals surface area contributed by atoms with E-state index >= 15 is 0 Å². The quantitative estimate of drug-likeness (QED) is 0.853. The summed E-state index contributed by atoms with van der Waals surface area (Å²) >= 11 is 5.56. The minimum absolute atomic E-state index is 0.119. The Morgan fingerprint density at radius 3 is 3.00 bits per heavy atom. The van der Waals surface area contributed by atoms with Crippen molar-refractivity contribution in [2.24, 2.45) is 0 Å². The van der Waals surface area contributed by atoms with E-state index in [9.17, 15) is 4.79 Å². The molecule has 1 amide bonds. The minimum Gasteiger partial charge on any atom is -0.463 e. The predicted octanol–water partition coefficient (Wildman–Crippen LogP) is 0.899. The van der Waals surface area contributed by atoms with E-state index in [1.165, 1.54) is 12.1 Å². The topological polar surface area (TPSA) is 106 Å². The van der Waals surface area contributed by atoms with Gasteiger partial charge in [-0.3, -0.25) is 10.1 Å². The molecule has 8 nitrogen and oxygen atoms in total. The van der Waals surface area contributed by atoms with Gasteiger partial charge in [0, 0.05) is 0 Å². The Morgan fingerprint density at radius 1 is 1.50 bits per heavy atom. The number of amides is 1. The summed E-state index contributed by atoms with van der Waals surface area (Å²) in [5.74, 6) is -0.307. The van der Waals surface area contributed by atoms with Crippen LogP contribution in [0, 0.1) is 0 Å². The lowest BCUT2D eigenvalue weighted by molar-refractivity contribution is 0.102. The summed E-state index contributed by atoms with van der Waals surface area (Å²) in [7, 11) is 0. The van der Waals surface area contributed by atoms with Crippen LogP contribution in [0.25, 0.3) is 0 Å². The lowest BCUT2D eigenvalue weighted by atomic mass is 10.4. The van der Waals surface area contributed by atoms with Gasteiger partial charge in [0.15, 0.2) is 10.8 Å². The van der Waals surface area contributed by atoms with Gasteiger partial charge in [-0.05, 0) is 19.1 Å². The molecule has 2 aromatic rings. The number of nitrogens with zero attached hydrogens (tertiary/aromatic N) is 4. The highest BCUT2D eigenvalue weighted by molar-refractivity contribution is 6.29. The molecule has 9 heteroatoms. The van der Waals surface area contributed by atoms with E-state index in [-0.39, 0.29) is 22.8 Å². The molecule has 0 fully saturated rings. The maximum absolute atomic E-state index is 11.7. The smallest absolute Gasteiger partial charge is 0.337 e. The van der Waals surface area contributed by atoms with Crippen molar-refractivity contribution in [3.8, 4) is 6.01 Å². The molecule has 2 heterocycles. The van der Waals surface area contributed by atoms with Crippen LogP contribution >= 0.6 is 11.6 Å². The second kappa shape index (κ2) is 5.41. The SMILES string of the molecule is CCOc1n[nH]c(NC(=O)c2ccc(Cl)nn2)n1. The number of halogens is 1. The number of nitrogens with one attached hydrogen (secondary N) is 2. The summed E-state index contributed by atoms with van der Waals surface area (Å²) in [4.78, 5) is 15.6. The number of ether oxygens (including phenoxy) is 1. The third-order valence-corrected chi connectivity index (χ3v) is 2.04. The first-order valence-electron chi connectivity index (χ1n) is 5.05. The van der Waals surface area contributed by atoms with Crippen LogP contribution in [0.2, 0.25) is 5.15 Å². The highest BCUT2D eigenvalue weighted by Crippen LogP contribution is 2.07. The highest BCUT2D eigenvalue weighted by Gasteiger charge is 2.11. The standard InChI is InChI=1S/C9H9ClN6O2/c1-2-18-9-12-8(15-16-9)11-7(17)5-3-4-6(10)14-13-5/h3-4H,2H2,1H3,(H2,11,12,15,16,17). The van der Waals surface area contributed by atoms with Crippen molar-refractivity contribution in [1.82, 2.24) is 25.4 Å².